The lowest BCUT2D eigenvalue weighted by molar-refractivity contribution is 0.0323. The molecular formula is C24H33N3O8S. The van der Waals surface area contributed by atoms with Crippen LogP contribution in [-0.2, 0) is 31.0 Å². The fourth-order valence-corrected chi connectivity index (χ4v) is 5.46. The average molecular weight is 524 g/mol. The summed E-state index contributed by atoms with van der Waals surface area (Å²) >= 11 is 0. The molecule has 12 heteroatoms. The maximum absolute atomic E-state index is 13.4. The fourth-order valence-electron chi connectivity index (χ4n) is 3.76. The number of carbonyl (C=O) groups excluding carboxylic acids is 2. The third-order valence-electron chi connectivity index (χ3n) is 5.51. The zero-order valence-corrected chi connectivity index (χ0v) is 21.8. The molecule has 1 atom stereocenters. The first-order valence-corrected chi connectivity index (χ1v) is 13.3. The van der Waals surface area contributed by atoms with Crippen LogP contribution in [0, 0.1) is 0 Å². The topological polar surface area (TPSA) is 133 Å². The van der Waals surface area contributed by atoms with Crippen molar-refractivity contribution in [2.45, 2.75) is 70.2 Å². The number of ether oxygens (including phenoxy) is 3. The van der Waals surface area contributed by atoms with Gasteiger partial charge in [-0.25, -0.2) is 18.0 Å². The van der Waals surface area contributed by atoms with Crippen LogP contribution in [0.2, 0.25) is 0 Å². The number of carbonyl (C=O) groups is 2. The molecule has 1 fully saturated rings. The molecule has 36 heavy (non-hydrogen) atoms. The molecule has 0 aliphatic carbocycles. The Bertz CT molecular complexity index is 1270. The average Bonchev–Trinajstić information content (AvgIpc) is 3.26. The smallest absolute Gasteiger partial charge is 0.444 e. The number of alkyl carbamates (subject to hydrolysis) is 1. The van der Waals surface area contributed by atoms with Crippen molar-refractivity contribution in [3.8, 4) is 0 Å². The van der Waals surface area contributed by atoms with E-state index in [4.69, 9.17) is 14.2 Å². The third-order valence-corrected chi connectivity index (χ3v) is 7.43. The standard InChI is InChI=1S/C24H33N3O8S/c1-5-6-14-33-23(30)34-16-26-12-11-18-19(21(26)28)8-7-9-20(18)36(31,32)27-13-10-17(15-27)25-22(29)35-24(2,3)4/h7-9,11-12,17H,5-6,10,13-16H2,1-4H3,(H,25,29). The predicted molar refractivity (Wildman–Crippen MR) is 132 cm³/mol. The number of amides is 1. The minimum absolute atomic E-state index is 0.0120. The number of rotatable bonds is 8. The first-order valence-electron chi connectivity index (χ1n) is 11.8. The van der Waals surface area contributed by atoms with E-state index in [0.717, 1.165) is 11.0 Å². The Labute approximate surface area is 210 Å². The lowest BCUT2D eigenvalue weighted by atomic mass is 10.2. The highest BCUT2D eigenvalue weighted by Crippen LogP contribution is 2.27. The normalized spacial score (nSPS) is 16.6. The van der Waals surface area contributed by atoms with Crippen LogP contribution in [0.15, 0.2) is 40.2 Å². The summed E-state index contributed by atoms with van der Waals surface area (Å²) in [4.78, 5) is 36.7. The maximum atomic E-state index is 13.4. The van der Waals surface area contributed by atoms with Crippen molar-refractivity contribution >= 4 is 33.0 Å². The Morgan fingerprint density at radius 2 is 1.89 bits per heavy atom. The van der Waals surface area contributed by atoms with Gasteiger partial charge in [0.1, 0.15) is 5.60 Å². The number of nitrogens with zero attached hydrogens (tertiary/aromatic N) is 2. The molecule has 2 aromatic rings. The van der Waals surface area contributed by atoms with Crippen LogP contribution >= 0.6 is 0 Å². The molecule has 1 aromatic carbocycles. The minimum Gasteiger partial charge on any atom is -0.444 e. The van der Waals surface area contributed by atoms with Gasteiger partial charge in [0.2, 0.25) is 10.0 Å². The quantitative estimate of drug-likeness (QED) is 0.412. The van der Waals surface area contributed by atoms with Gasteiger partial charge in [-0.3, -0.25) is 9.36 Å². The van der Waals surface area contributed by atoms with Crippen LogP contribution in [0.4, 0.5) is 9.59 Å². The zero-order chi connectivity index (χ0) is 26.5. The first-order chi connectivity index (χ1) is 16.9. The molecular weight excluding hydrogens is 490 g/mol. The van der Waals surface area contributed by atoms with Crippen LogP contribution in [-0.4, -0.2) is 60.9 Å². The van der Waals surface area contributed by atoms with E-state index in [0.29, 0.717) is 12.8 Å². The van der Waals surface area contributed by atoms with Crippen LogP contribution < -0.4 is 10.9 Å². The number of benzene rings is 1. The third kappa shape index (κ3) is 6.76. The molecule has 1 aliphatic heterocycles. The van der Waals surface area contributed by atoms with Gasteiger partial charge in [0.25, 0.3) is 5.56 Å². The Hall–Kier alpha value is -3.12. The lowest BCUT2D eigenvalue weighted by Gasteiger charge is -2.22. The molecule has 3 rings (SSSR count). The monoisotopic (exact) mass is 523 g/mol. The molecule has 1 N–H and O–H groups in total. The number of nitrogens with one attached hydrogen (secondary N) is 1. The van der Waals surface area contributed by atoms with E-state index in [2.05, 4.69) is 5.32 Å². The molecule has 1 aliphatic rings. The first kappa shape index (κ1) is 27.5. The van der Waals surface area contributed by atoms with Crippen LogP contribution in [0.1, 0.15) is 47.0 Å². The van der Waals surface area contributed by atoms with Gasteiger partial charge in [0.15, 0.2) is 6.73 Å². The molecule has 0 spiro atoms. The summed E-state index contributed by atoms with van der Waals surface area (Å²) in [6.07, 6.45) is 1.89. The van der Waals surface area contributed by atoms with E-state index < -0.39 is 39.5 Å². The van der Waals surface area contributed by atoms with Gasteiger partial charge in [-0.05, 0) is 51.8 Å². The fraction of sp³-hybridized carbons (Fsp3) is 0.542. The summed E-state index contributed by atoms with van der Waals surface area (Å²) in [7, 11) is -3.95. The van der Waals surface area contributed by atoms with Crippen molar-refractivity contribution in [1.29, 1.82) is 0 Å². The Kier molecular flexibility index (Phi) is 8.62. The van der Waals surface area contributed by atoms with Crippen molar-refractivity contribution in [3.05, 3.63) is 40.8 Å². The molecule has 0 bridgehead atoms. The molecule has 1 amide bonds. The van der Waals surface area contributed by atoms with E-state index in [-0.39, 0.29) is 42.1 Å². The molecule has 198 valence electrons. The van der Waals surface area contributed by atoms with Crippen LogP contribution in [0.25, 0.3) is 10.8 Å². The largest absolute Gasteiger partial charge is 0.510 e. The van der Waals surface area contributed by atoms with Crippen molar-refractivity contribution < 1.29 is 32.2 Å². The van der Waals surface area contributed by atoms with Crippen LogP contribution in [0.3, 0.4) is 0 Å². The van der Waals surface area contributed by atoms with Crippen molar-refractivity contribution in [1.82, 2.24) is 14.2 Å². The highest BCUT2D eigenvalue weighted by atomic mass is 32.2. The minimum atomic E-state index is -3.95. The van der Waals surface area contributed by atoms with Gasteiger partial charge in [-0.15, -0.1) is 0 Å². The number of unbranched alkanes of at least 4 members (excludes halogenated alkanes) is 1. The Morgan fingerprint density at radius 3 is 2.58 bits per heavy atom. The van der Waals surface area contributed by atoms with E-state index in [9.17, 15) is 22.8 Å². The second-order valence-electron chi connectivity index (χ2n) is 9.53. The Balaban J connectivity index is 1.75. The molecule has 1 saturated heterocycles. The van der Waals surface area contributed by atoms with E-state index in [1.165, 1.54) is 34.8 Å². The lowest BCUT2D eigenvalue weighted by Crippen LogP contribution is -2.41. The number of pyridine rings is 1. The molecule has 1 unspecified atom stereocenters. The highest BCUT2D eigenvalue weighted by molar-refractivity contribution is 7.89. The van der Waals surface area contributed by atoms with Crippen molar-refractivity contribution in [3.63, 3.8) is 0 Å². The predicted octanol–water partition coefficient (Wildman–Crippen LogP) is 3.20. The van der Waals surface area contributed by atoms with E-state index in [1.54, 1.807) is 20.8 Å². The second-order valence-corrected chi connectivity index (χ2v) is 11.4. The highest BCUT2D eigenvalue weighted by Gasteiger charge is 2.35. The summed E-state index contributed by atoms with van der Waals surface area (Å²) in [5.74, 6) is 0. The summed E-state index contributed by atoms with van der Waals surface area (Å²) < 4.78 is 44.5. The number of hydrogen-bond donors (Lipinski definition) is 1. The molecule has 0 saturated carbocycles. The number of hydrogen-bond acceptors (Lipinski definition) is 8. The number of fused-ring (bicyclic) bond motifs is 1. The summed E-state index contributed by atoms with van der Waals surface area (Å²) in [6, 6.07) is 5.56. The van der Waals surface area contributed by atoms with Gasteiger partial charge >= 0.3 is 12.2 Å². The van der Waals surface area contributed by atoms with Gasteiger partial charge < -0.3 is 19.5 Å². The molecule has 11 nitrogen and oxygen atoms in total. The SMILES string of the molecule is CCCCOC(=O)OCn1ccc2c(S(=O)(=O)N3CCC(NC(=O)OC(C)(C)C)C3)cccc2c1=O. The second kappa shape index (κ2) is 11.3. The summed E-state index contributed by atoms with van der Waals surface area (Å²) in [5.41, 5.74) is -1.16. The molecule has 0 radical (unpaired) electrons. The maximum Gasteiger partial charge on any atom is 0.510 e. The van der Waals surface area contributed by atoms with Gasteiger partial charge in [-0.2, -0.15) is 4.31 Å². The molecule has 1 aromatic heterocycles. The summed E-state index contributed by atoms with van der Waals surface area (Å²) in [6.45, 7) is 7.37. The Morgan fingerprint density at radius 1 is 1.14 bits per heavy atom. The van der Waals surface area contributed by atoms with E-state index in [1.807, 2.05) is 6.92 Å². The van der Waals surface area contributed by atoms with Gasteiger partial charge in [0, 0.05) is 36.1 Å². The van der Waals surface area contributed by atoms with Crippen molar-refractivity contribution in [2.75, 3.05) is 19.7 Å². The van der Waals surface area contributed by atoms with E-state index >= 15 is 0 Å². The number of sulfonamides is 1. The zero-order valence-electron chi connectivity index (χ0n) is 21.0. The number of aromatic nitrogens is 1. The van der Waals surface area contributed by atoms with Gasteiger partial charge in [0.05, 0.1) is 11.5 Å². The van der Waals surface area contributed by atoms with Gasteiger partial charge in [-0.1, -0.05) is 19.4 Å². The van der Waals surface area contributed by atoms with Crippen LogP contribution in [0.5, 0.6) is 0 Å². The van der Waals surface area contributed by atoms with Crippen molar-refractivity contribution in [2.24, 2.45) is 0 Å². The molecule has 2 heterocycles. The summed E-state index contributed by atoms with van der Waals surface area (Å²) in [5, 5.41) is 3.14.